The van der Waals surface area contributed by atoms with E-state index in [9.17, 15) is 9.18 Å². The van der Waals surface area contributed by atoms with Gasteiger partial charge in [-0.1, -0.05) is 11.3 Å². The number of halogens is 2. The quantitative estimate of drug-likeness (QED) is 0.475. The molecule has 0 aliphatic carbocycles. The second-order valence-corrected chi connectivity index (χ2v) is 9.05. The Labute approximate surface area is 180 Å². The molecule has 0 bridgehead atoms. The molecule has 0 spiro atoms. The van der Waals surface area contributed by atoms with Crippen LogP contribution in [0.4, 0.5) is 13.9 Å². The van der Waals surface area contributed by atoms with Gasteiger partial charge in [0.1, 0.15) is 11.6 Å². The van der Waals surface area contributed by atoms with Crippen molar-refractivity contribution in [3.63, 3.8) is 0 Å². The van der Waals surface area contributed by atoms with E-state index in [0.29, 0.717) is 44.4 Å². The van der Waals surface area contributed by atoms with Crippen molar-refractivity contribution in [2.45, 2.75) is 19.0 Å². The first-order valence-corrected chi connectivity index (χ1v) is 11.0. The van der Waals surface area contributed by atoms with Crippen molar-refractivity contribution in [2.24, 2.45) is 0 Å². The molecule has 1 saturated heterocycles. The van der Waals surface area contributed by atoms with Gasteiger partial charge in [0.2, 0.25) is 0 Å². The van der Waals surface area contributed by atoms with Gasteiger partial charge in [-0.3, -0.25) is 4.79 Å². The van der Waals surface area contributed by atoms with Gasteiger partial charge < -0.3 is 20.5 Å². The van der Waals surface area contributed by atoms with Gasteiger partial charge in [0, 0.05) is 54.9 Å². The summed E-state index contributed by atoms with van der Waals surface area (Å²) in [4.78, 5) is 19.5. The van der Waals surface area contributed by atoms with Gasteiger partial charge >= 0.3 is 0 Å². The number of nitrogen functional groups attached to an aromatic ring is 1. The van der Waals surface area contributed by atoms with Gasteiger partial charge in [0.05, 0.1) is 21.3 Å². The third-order valence-electron chi connectivity index (χ3n) is 6.32. The van der Waals surface area contributed by atoms with Crippen LogP contribution in [0.5, 0.6) is 0 Å². The van der Waals surface area contributed by atoms with Crippen molar-refractivity contribution in [3.05, 3.63) is 47.7 Å². The molecule has 0 saturated carbocycles. The van der Waals surface area contributed by atoms with Crippen LogP contribution in [-0.2, 0) is 6.54 Å². The molecule has 0 radical (unpaired) electrons. The number of hydrogen-bond donors (Lipinski definition) is 2. The summed E-state index contributed by atoms with van der Waals surface area (Å²) in [5, 5.41) is 4.18. The summed E-state index contributed by atoms with van der Waals surface area (Å²) in [6.45, 7) is 2.79. The number of nitrogens with one attached hydrogen (secondary N) is 1. The number of nitrogens with two attached hydrogens (primary N) is 1. The number of thiazole rings is 1. The normalized spacial score (nSPS) is 19.0. The monoisotopic (exact) mass is 439 g/mol. The van der Waals surface area contributed by atoms with Gasteiger partial charge in [-0.15, -0.1) is 0 Å². The Morgan fingerprint density at radius 2 is 2.03 bits per heavy atom. The molecule has 9 heteroatoms. The molecule has 1 amide bonds. The molecule has 2 aromatic carbocycles. The largest absolute Gasteiger partial charge is 0.375 e. The number of rotatable bonds is 1. The molecule has 31 heavy (non-hydrogen) atoms. The highest BCUT2D eigenvalue weighted by molar-refractivity contribution is 7.22. The topological polar surface area (TPSA) is 76.2 Å². The van der Waals surface area contributed by atoms with Crippen LogP contribution in [0.3, 0.4) is 0 Å². The first-order valence-electron chi connectivity index (χ1n) is 10.2. The third kappa shape index (κ3) is 2.69. The zero-order chi connectivity index (χ0) is 21.3. The highest BCUT2D eigenvalue weighted by Crippen LogP contribution is 2.41. The highest BCUT2D eigenvalue weighted by atomic mass is 32.1. The number of anilines is 1. The van der Waals surface area contributed by atoms with Crippen molar-refractivity contribution in [1.29, 1.82) is 0 Å². The predicted octanol–water partition coefficient (Wildman–Crippen LogP) is 3.60. The zero-order valence-electron chi connectivity index (χ0n) is 16.5. The second kappa shape index (κ2) is 6.73. The summed E-state index contributed by atoms with van der Waals surface area (Å²) >= 11 is 1.04. The lowest BCUT2D eigenvalue weighted by Gasteiger charge is -2.38. The van der Waals surface area contributed by atoms with E-state index >= 15 is 4.39 Å². The molecule has 2 aromatic heterocycles. The molecule has 2 aliphatic rings. The minimum absolute atomic E-state index is 0.0873. The Balaban J connectivity index is 1.63. The van der Waals surface area contributed by atoms with Crippen molar-refractivity contribution in [2.75, 3.05) is 25.4 Å². The van der Waals surface area contributed by atoms with Gasteiger partial charge in [0.25, 0.3) is 5.91 Å². The number of aromatic nitrogens is 2. The number of aryl methyl sites for hydroxylation is 1. The minimum Gasteiger partial charge on any atom is -0.375 e. The molecule has 4 heterocycles. The molecule has 3 N–H and O–H groups in total. The van der Waals surface area contributed by atoms with Gasteiger partial charge in [0.15, 0.2) is 5.13 Å². The number of carbonyl (C=O) groups excluding carboxylic acids is 1. The first-order chi connectivity index (χ1) is 15.0. The molecular formula is C22H19F2N5OS. The van der Waals surface area contributed by atoms with Crippen molar-refractivity contribution in [1.82, 2.24) is 19.8 Å². The van der Waals surface area contributed by atoms with E-state index in [0.717, 1.165) is 37.4 Å². The molecule has 4 aromatic rings. The lowest BCUT2D eigenvalue weighted by molar-refractivity contribution is 0.0615. The van der Waals surface area contributed by atoms with Crippen LogP contribution < -0.4 is 11.1 Å². The molecular weight excluding hydrogens is 420 g/mol. The maximum absolute atomic E-state index is 15.6. The van der Waals surface area contributed by atoms with E-state index in [1.165, 1.54) is 18.2 Å². The average molecular weight is 439 g/mol. The minimum atomic E-state index is -0.527. The molecule has 0 unspecified atom stereocenters. The number of amides is 1. The fourth-order valence-electron chi connectivity index (χ4n) is 4.92. The van der Waals surface area contributed by atoms with Crippen molar-refractivity contribution >= 4 is 43.5 Å². The van der Waals surface area contributed by atoms with Gasteiger partial charge in [-0.05, 0) is 30.7 Å². The SMILES string of the molecule is Nc1nc2c(-c3c(F)cc4c5c3ccn5CC[C@H]3CNCCN3C4=O)ccc(F)c2s1. The lowest BCUT2D eigenvalue weighted by atomic mass is 9.95. The first kappa shape index (κ1) is 18.7. The van der Waals surface area contributed by atoms with Gasteiger partial charge in [-0.2, -0.15) is 0 Å². The molecule has 1 fully saturated rings. The Bertz CT molecular complexity index is 1380. The van der Waals surface area contributed by atoms with E-state index in [4.69, 9.17) is 5.73 Å². The number of carbonyl (C=O) groups is 1. The fraction of sp³-hybridized carbons (Fsp3) is 0.273. The number of nitrogens with zero attached hydrogens (tertiary/aromatic N) is 3. The van der Waals surface area contributed by atoms with E-state index in [-0.39, 0.29) is 17.1 Å². The summed E-state index contributed by atoms with van der Waals surface area (Å²) in [5.74, 6) is -1.11. The van der Waals surface area contributed by atoms with Crippen LogP contribution in [0.15, 0.2) is 30.5 Å². The van der Waals surface area contributed by atoms with E-state index in [1.807, 2.05) is 21.7 Å². The van der Waals surface area contributed by atoms with E-state index in [2.05, 4.69) is 10.3 Å². The van der Waals surface area contributed by atoms with Crippen molar-refractivity contribution < 1.29 is 13.6 Å². The van der Waals surface area contributed by atoms with Crippen LogP contribution in [-0.4, -0.2) is 46.0 Å². The molecule has 2 aliphatic heterocycles. The van der Waals surface area contributed by atoms with Crippen LogP contribution in [0.2, 0.25) is 0 Å². The summed E-state index contributed by atoms with van der Waals surface area (Å²) in [6, 6.07) is 6.09. The molecule has 1 atom stereocenters. The van der Waals surface area contributed by atoms with Crippen LogP contribution in [0.1, 0.15) is 16.8 Å². The zero-order valence-corrected chi connectivity index (χ0v) is 17.3. The van der Waals surface area contributed by atoms with Crippen LogP contribution in [0.25, 0.3) is 32.2 Å². The Hall–Kier alpha value is -3.04. The van der Waals surface area contributed by atoms with Gasteiger partial charge in [-0.25, -0.2) is 13.8 Å². The van der Waals surface area contributed by atoms with E-state index in [1.54, 1.807) is 0 Å². The Kier molecular flexibility index (Phi) is 4.06. The highest BCUT2D eigenvalue weighted by Gasteiger charge is 2.32. The maximum Gasteiger partial charge on any atom is 0.256 e. The summed E-state index contributed by atoms with van der Waals surface area (Å²) in [7, 11) is 0. The maximum atomic E-state index is 15.6. The fourth-order valence-corrected chi connectivity index (χ4v) is 5.68. The predicted molar refractivity (Wildman–Crippen MR) is 117 cm³/mol. The second-order valence-electron chi connectivity index (χ2n) is 8.02. The Morgan fingerprint density at radius 1 is 1.16 bits per heavy atom. The summed E-state index contributed by atoms with van der Waals surface area (Å²) in [5.41, 5.74) is 8.02. The lowest BCUT2D eigenvalue weighted by Crippen LogP contribution is -2.54. The van der Waals surface area contributed by atoms with Crippen LogP contribution in [0, 0.1) is 11.6 Å². The Morgan fingerprint density at radius 3 is 2.90 bits per heavy atom. The average Bonchev–Trinajstić information content (AvgIpc) is 3.35. The summed E-state index contributed by atoms with van der Waals surface area (Å²) in [6.07, 6.45) is 2.71. The molecule has 6 rings (SSSR count). The number of hydrogen-bond acceptors (Lipinski definition) is 5. The number of fused-ring (bicyclic) bond motifs is 2. The summed E-state index contributed by atoms with van der Waals surface area (Å²) < 4.78 is 32.2. The number of benzene rings is 2. The molecule has 158 valence electrons. The standard InChI is InChI=1S/C22H19F2N5OS/c23-15-2-1-12(18-20(15)31-22(25)27-18)17-13-4-7-28-6-3-11-10-26-5-8-29(11)21(30)14(19(13)28)9-16(17)24/h1-2,4,7,9,11,26H,3,5-6,8,10H2,(H2,25,27)/t11-/m0/s1. The van der Waals surface area contributed by atoms with Crippen LogP contribution >= 0.6 is 11.3 Å². The third-order valence-corrected chi connectivity index (χ3v) is 7.22. The number of piperazine rings is 1. The van der Waals surface area contributed by atoms with E-state index < -0.39 is 11.6 Å². The molecule has 6 nitrogen and oxygen atoms in total. The smallest absolute Gasteiger partial charge is 0.256 e. The van der Waals surface area contributed by atoms with Crippen molar-refractivity contribution in [3.8, 4) is 11.1 Å².